The Morgan fingerprint density at radius 1 is 1.08 bits per heavy atom. The van der Waals surface area contributed by atoms with Crippen molar-refractivity contribution in [1.29, 1.82) is 0 Å². The number of ketones is 1. The van der Waals surface area contributed by atoms with Gasteiger partial charge >= 0.3 is 5.97 Å². The zero-order chi connectivity index (χ0) is 19.5. The van der Waals surface area contributed by atoms with Crippen LogP contribution in [0, 0.1) is 11.6 Å². The molecule has 6 nitrogen and oxygen atoms in total. The number of halogens is 2. The van der Waals surface area contributed by atoms with Gasteiger partial charge in [0.25, 0.3) is 0 Å². The number of ether oxygens (including phenoxy) is 1. The van der Waals surface area contributed by atoms with Crippen molar-refractivity contribution in [2.24, 2.45) is 0 Å². The van der Waals surface area contributed by atoms with Crippen LogP contribution in [0.2, 0.25) is 0 Å². The van der Waals surface area contributed by atoms with E-state index < -0.39 is 45.6 Å². The summed E-state index contributed by atoms with van der Waals surface area (Å²) in [7, 11) is -2.07. The Hall–Kier alpha value is -2.81. The molecule has 0 spiro atoms. The minimum atomic E-state index is -3.43. The van der Waals surface area contributed by atoms with E-state index in [0.717, 1.165) is 22.7 Å². The number of hydrogen-bond acceptors (Lipinski definition) is 5. The number of nitrogens with zero attached hydrogens (tertiary/aromatic N) is 1. The summed E-state index contributed by atoms with van der Waals surface area (Å²) in [6.45, 7) is -0.642. The molecule has 0 heterocycles. The summed E-state index contributed by atoms with van der Waals surface area (Å²) in [5.74, 6) is -3.58. The normalized spacial score (nSPS) is 11.1. The Labute approximate surface area is 149 Å². The fourth-order valence-corrected chi connectivity index (χ4v) is 2.50. The fourth-order valence-electron chi connectivity index (χ4n) is 2.00. The van der Waals surface area contributed by atoms with Gasteiger partial charge in [0.1, 0.15) is 11.6 Å². The van der Waals surface area contributed by atoms with E-state index in [1.165, 1.54) is 31.3 Å². The molecular formula is C17H15F2NO5S. The van der Waals surface area contributed by atoms with Gasteiger partial charge < -0.3 is 4.74 Å². The van der Waals surface area contributed by atoms with E-state index in [9.17, 15) is 26.8 Å². The van der Waals surface area contributed by atoms with Crippen LogP contribution >= 0.6 is 0 Å². The Kier molecular flexibility index (Phi) is 5.71. The second kappa shape index (κ2) is 7.61. The maximum Gasteiger partial charge on any atom is 0.341 e. The lowest BCUT2D eigenvalue weighted by atomic mass is 10.1. The number of anilines is 1. The molecule has 2 aromatic rings. The van der Waals surface area contributed by atoms with Gasteiger partial charge in [-0.2, -0.15) is 0 Å². The average molecular weight is 383 g/mol. The van der Waals surface area contributed by atoms with E-state index in [1.807, 2.05) is 0 Å². The number of Topliss-reactive ketones (excluding diaryl/α,β-unsaturated/α-hetero) is 1. The van der Waals surface area contributed by atoms with E-state index in [2.05, 4.69) is 0 Å². The predicted octanol–water partition coefficient (Wildman–Crippen LogP) is 2.40. The molecule has 0 N–H and O–H groups in total. The molecule has 0 saturated heterocycles. The van der Waals surface area contributed by atoms with Gasteiger partial charge in [-0.05, 0) is 36.4 Å². The molecule has 0 atom stereocenters. The molecule has 0 aliphatic rings. The molecule has 2 rings (SSSR count). The summed E-state index contributed by atoms with van der Waals surface area (Å²) < 4.78 is 55.0. The number of benzene rings is 2. The first-order valence-electron chi connectivity index (χ1n) is 7.29. The van der Waals surface area contributed by atoms with Gasteiger partial charge in [0.2, 0.25) is 10.0 Å². The third kappa shape index (κ3) is 4.63. The van der Waals surface area contributed by atoms with Crippen molar-refractivity contribution in [3.8, 4) is 0 Å². The van der Waals surface area contributed by atoms with Crippen LogP contribution in [0.4, 0.5) is 14.5 Å². The van der Waals surface area contributed by atoms with Crippen LogP contribution < -0.4 is 4.31 Å². The van der Waals surface area contributed by atoms with E-state index in [1.54, 1.807) is 0 Å². The number of sulfonamides is 1. The van der Waals surface area contributed by atoms with Crippen molar-refractivity contribution in [2.45, 2.75) is 0 Å². The van der Waals surface area contributed by atoms with E-state index in [4.69, 9.17) is 4.74 Å². The highest BCUT2D eigenvalue weighted by Crippen LogP contribution is 2.17. The summed E-state index contributed by atoms with van der Waals surface area (Å²) >= 11 is 0. The lowest BCUT2D eigenvalue weighted by Crippen LogP contribution is -2.24. The summed E-state index contributed by atoms with van der Waals surface area (Å²) in [5.41, 5.74) is 0.0572. The quantitative estimate of drug-likeness (QED) is 0.565. The molecule has 26 heavy (non-hydrogen) atoms. The third-order valence-electron chi connectivity index (χ3n) is 3.54. The minimum absolute atomic E-state index is 0.183. The first-order chi connectivity index (χ1) is 12.1. The molecule has 0 unspecified atom stereocenters. The average Bonchev–Trinajstić information content (AvgIpc) is 2.58. The molecule has 0 bridgehead atoms. The van der Waals surface area contributed by atoms with Gasteiger partial charge in [-0.15, -0.1) is 0 Å². The van der Waals surface area contributed by atoms with Gasteiger partial charge in [0.05, 0.1) is 17.5 Å². The number of carbonyl (C=O) groups excluding carboxylic acids is 2. The number of esters is 1. The van der Waals surface area contributed by atoms with Gasteiger partial charge in [-0.25, -0.2) is 22.0 Å². The predicted molar refractivity (Wildman–Crippen MR) is 90.7 cm³/mol. The Morgan fingerprint density at radius 3 is 2.23 bits per heavy atom. The third-order valence-corrected chi connectivity index (χ3v) is 4.74. The summed E-state index contributed by atoms with van der Waals surface area (Å²) in [4.78, 5) is 23.8. The lowest BCUT2D eigenvalue weighted by molar-refractivity contribution is 0.0470. The second-order valence-electron chi connectivity index (χ2n) is 5.40. The van der Waals surface area contributed by atoms with Crippen LogP contribution in [0.15, 0.2) is 42.5 Å². The Morgan fingerprint density at radius 2 is 1.69 bits per heavy atom. The van der Waals surface area contributed by atoms with Gasteiger partial charge in [-0.1, -0.05) is 0 Å². The molecule has 2 aromatic carbocycles. The number of rotatable bonds is 6. The van der Waals surface area contributed by atoms with Gasteiger partial charge in [0, 0.05) is 18.7 Å². The van der Waals surface area contributed by atoms with E-state index in [-0.39, 0.29) is 5.56 Å². The first-order valence-corrected chi connectivity index (χ1v) is 9.14. The summed E-state index contributed by atoms with van der Waals surface area (Å²) in [6, 6.07) is 7.98. The fraction of sp³-hybridized carbons (Fsp3) is 0.176. The van der Waals surface area contributed by atoms with Crippen molar-refractivity contribution in [3.05, 3.63) is 65.2 Å². The summed E-state index contributed by atoms with van der Waals surface area (Å²) in [6.07, 6.45) is 1.04. The molecule has 0 aromatic heterocycles. The van der Waals surface area contributed by atoms with Crippen molar-refractivity contribution in [2.75, 3.05) is 24.2 Å². The molecule has 0 fully saturated rings. The van der Waals surface area contributed by atoms with Crippen LogP contribution in [0.25, 0.3) is 0 Å². The summed E-state index contributed by atoms with van der Waals surface area (Å²) in [5, 5.41) is 0. The smallest absolute Gasteiger partial charge is 0.341 e. The standard InChI is InChI=1S/C17H15F2NO5S/c1-20(26(2,23)24)13-6-3-11(4-7-13)16(21)10-25-17(22)14-8-5-12(18)9-15(14)19/h3-9H,10H2,1-2H3. The van der Waals surface area contributed by atoms with Crippen LogP contribution in [0.1, 0.15) is 20.7 Å². The van der Waals surface area contributed by atoms with E-state index >= 15 is 0 Å². The topological polar surface area (TPSA) is 80.8 Å². The highest BCUT2D eigenvalue weighted by Gasteiger charge is 2.17. The van der Waals surface area contributed by atoms with Crippen molar-refractivity contribution in [3.63, 3.8) is 0 Å². The highest BCUT2D eigenvalue weighted by molar-refractivity contribution is 7.92. The molecule has 0 radical (unpaired) electrons. The van der Waals surface area contributed by atoms with Gasteiger partial charge in [0.15, 0.2) is 12.4 Å². The molecule has 9 heteroatoms. The maximum absolute atomic E-state index is 13.5. The van der Waals surface area contributed by atoms with E-state index in [0.29, 0.717) is 11.8 Å². The molecule has 0 aliphatic heterocycles. The number of hydrogen-bond donors (Lipinski definition) is 0. The molecule has 0 aliphatic carbocycles. The van der Waals surface area contributed by atoms with Crippen LogP contribution in [-0.2, 0) is 14.8 Å². The zero-order valence-corrected chi connectivity index (χ0v) is 14.7. The van der Waals surface area contributed by atoms with Crippen molar-refractivity contribution >= 4 is 27.5 Å². The monoisotopic (exact) mass is 383 g/mol. The van der Waals surface area contributed by atoms with Crippen molar-refractivity contribution in [1.82, 2.24) is 0 Å². The second-order valence-corrected chi connectivity index (χ2v) is 7.41. The highest BCUT2D eigenvalue weighted by atomic mass is 32.2. The SMILES string of the molecule is CN(c1ccc(C(=O)COC(=O)c2ccc(F)cc2F)cc1)S(C)(=O)=O. The first kappa shape index (κ1) is 19.5. The Bertz CT molecular complexity index is 942. The molecule has 138 valence electrons. The minimum Gasteiger partial charge on any atom is -0.454 e. The number of carbonyl (C=O) groups is 2. The Balaban J connectivity index is 2.03. The largest absolute Gasteiger partial charge is 0.454 e. The van der Waals surface area contributed by atoms with Crippen LogP contribution in [-0.4, -0.2) is 40.1 Å². The molecule has 0 amide bonds. The zero-order valence-electron chi connectivity index (χ0n) is 13.9. The molecular weight excluding hydrogens is 368 g/mol. The molecule has 0 saturated carbocycles. The van der Waals surface area contributed by atoms with Gasteiger partial charge in [-0.3, -0.25) is 9.10 Å². The van der Waals surface area contributed by atoms with Crippen LogP contribution in [0.3, 0.4) is 0 Å². The van der Waals surface area contributed by atoms with Crippen molar-refractivity contribution < 1.29 is 31.5 Å². The van der Waals surface area contributed by atoms with Crippen LogP contribution in [0.5, 0.6) is 0 Å². The lowest BCUT2D eigenvalue weighted by Gasteiger charge is -2.16. The maximum atomic E-state index is 13.5.